The molecule has 0 N–H and O–H groups in total. The normalized spacial score (nSPS) is 31.3. The van der Waals surface area contributed by atoms with Crippen LogP contribution in [0.2, 0.25) is 0 Å². The van der Waals surface area contributed by atoms with Gasteiger partial charge in [-0.1, -0.05) is 0 Å². The number of likely N-dealkylation sites (tertiary alicyclic amines) is 1. The first kappa shape index (κ1) is 15.6. The Morgan fingerprint density at radius 3 is 2.72 bits per heavy atom. The van der Waals surface area contributed by atoms with Crippen molar-refractivity contribution in [2.75, 3.05) is 37.7 Å². The maximum Gasteiger partial charge on any atom is 0.266 e. The third-order valence-corrected chi connectivity index (χ3v) is 6.39. The molecule has 1 saturated carbocycles. The standard InChI is InChI=1S/C18H26N4O3/c23-16-18(6-1-8-22(16)14-4-10-24-11-5-14)7-9-21(12-18)17-19-15(25-20-17)13-2-3-13/h13-14H,1-12H2. The quantitative estimate of drug-likeness (QED) is 0.833. The SMILES string of the molecule is O=C1N(C2CCOCC2)CCCC12CCN(c1noc(C3CC3)n1)C2. The number of anilines is 1. The maximum absolute atomic E-state index is 13.3. The summed E-state index contributed by atoms with van der Waals surface area (Å²) in [4.78, 5) is 22.2. The lowest BCUT2D eigenvalue weighted by atomic mass is 9.77. The number of amides is 1. The number of aromatic nitrogens is 2. The van der Waals surface area contributed by atoms with E-state index in [-0.39, 0.29) is 5.41 Å². The van der Waals surface area contributed by atoms with Crippen molar-refractivity contribution in [3.63, 3.8) is 0 Å². The zero-order valence-electron chi connectivity index (χ0n) is 14.7. The Bertz CT molecular complexity index is 653. The van der Waals surface area contributed by atoms with Crippen LogP contribution in [0.5, 0.6) is 0 Å². The molecule has 3 aliphatic heterocycles. The van der Waals surface area contributed by atoms with E-state index in [4.69, 9.17) is 9.26 Å². The summed E-state index contributed by atoms with van der Waals surface area (Å²) in [5, 5.41) is 4.17. The molecule has 4 fully saturated rings. The van der Waals surface area contributed by atoms with Crippen LogP contribution >= 0.6 is 0 Å². The second-order valence-corrected chi connectivity index (χ2v) is 8.10. The number of hydrogen-bond acceptors (Lipinski definition) is 6. The van der Waals surface area contributed by atoms with Crippen LogP contribution in [0.1, 0.15) is 56.8 Å². The van der Waals surface area contributed by atoms with Crippen LogP contribution in [0, 0.1) is 5.41 Å². The summed E-state index contributed by atoms with van der Waals surface area (Å²) in [6.45, 7) is 4.03. The minimum atomic E-state index is -0.253. The smallest absolute Gasteiger partial charge is 0.266 e. The molecule has 1 aliphatic carbocycles. The predicted molar refractivity (Wildman–Crippen MR) is 90.3 cm³/mol. The Morgan fingerprint density at radius 2 is 1.92 bits per heavy atom. The Kier molecular flexibility index (Phi) is 3.73. The lowest BCUT2D eigenvalue weighted by Gasteiger charge is -2.44. The average molecular weight is 346 g/mol. The molecule has 1 atom stereocenters. The summed E-state index contributed by atoms with van der Waals surface area (Å²) in [6, 6.07) is 0.360. The zero-order valence-corrected chi connectivity index (χ0v) is 14.7. The first-order chi connectivity index (χ1) is 12.3. The molecule has 1 aromatic heterocycles. The van der Waals surface area contributed by atoms with E-state index in [9.17, 15) is 4.79 Å². The third kappa shape index (κ3) is 2.72. The first-order valence-corrected chi connectivity index (χ1v) is 9.73. The average Bonchev–Trinajstić information content (AvgIpc) is 3.22. The Labute approximate surface area is 147 Å². The van der Waals surface area contributed by atoms with Crippen molar-refractivity contribution in [2.45, 2.75) is 56.9 Å². The topological polar surface area (TPSA) is 71.7 Å². The number of piperidine rings is 1. The van der Waals surface area contributed by atoms with Gasteiger partial charge in [0.15, 0.2) is 0 Å². The molecule has 1 spiro atoms. The molecule has 1 unspecified atom stereocenters. The fourth-order valence-corrected chi connectivity index (χ4v) is 4.72. The number of carbonyl (C=O) groups excluding carboxylic acids is 1. The molecular weight excluding hydrogens is 320 g/mol. The highest BCUT2D eigenvalue weighted by atomic mass is 16.5. The van der Waals surface area contributed by atoms with Crippen LogP contribution in [0.25, 0.3) is 0 Å². The van der Waals surface area contributed by atoms with Gasteiger partial charge < -0.3 is 19.1 Å². The molecule has 5 rings (SSSR count). The van der Waals surface area contributed by atoms with Gasteiger partial charge in [-0.3, -0.25) is 4.79 Å². The van der Waals surface area contributed by atoms with Gasteiger partial charge in [-0.25, -0.2) is 0 Å². The molecular formula is C18H26N4O3. The van der Waals surface area contributed by atoms with Gasteiger partial charge in [-0.05, 0) is 50.1 Å². The molecule has 4 heterocycles. The molecule has 7 heteroatoms. The number of ether oxygens (including phenoxy) is 1. The predicted octanol–water partition coefficient (Wildman–Crippen LogP) is 1.94. The molecule has 1 aromatic rings. The second kappa shape index (κ2) is 5.97. The van der Waals surface area contributed by atoms with Gasteiger partial charge in [0.1, 0.15) is 0 Å². The summed E-state index contributed by atoms with van der Waals surface area (Å²) >= 11 is 0. The lowest BCUT2D eigenvalue weighted by molar-refractivity contribution is -0.149. The zero-order chi connectivity index (χ0) is 16.9. The van der Waals surface area contributed by atoms with Crippen LogP contribution in [0.15, 0.2) is 4.52 Å². The van der Waals surface area contributed by atoms with Crippen LogP contribution in [-0.2, 0) is 9.53 Å². The molecule has 7 nitrogen and oxygen atoms in total. The highest BCUT2D eigenvalue weighted by Gasteiger charge is 2.50. The Morgan fingerprint density at radius 1 is 1.08 bits per heavy atom. The van der Waals surface area contributed by atoms with Crippen molar-refractivity contribution in [3.8, 4) is 0 Å². The van der Waals surface area contributed by atoms with Gasteiger partial charge in [-0.15, -0.1) is 0 Å². The molecule has 0 aromatic carbocycles. The van der Waals surface area contributed by atoms with Crippen LogP contribution in [-0.4, -0.2) is 59.8 Å². The Hall–Kier alpha value is -1.63. The van der Waals surface area contributed by atoms with Crippen molar-refractivity contribution in [2.24, 2.45) is 5.41 Å². The van der Waals surface area contributed by atoms with Crippen LogP contribution in [0.3, 0.4) is 0 Å². The molecule has 4 aliphatic rings. The molecule has 3 saturated heterocycles. The van der Waals surface area contributed by atoms with E-state index < -0.39 is 0 Å². The lowest BCUT2D eigenvalue weighted by Crippen LogP contribution is -2.54. The van der Waals surface area contributed by atoms with Gasteiger partial charge in [-0.2, -0.15) is 4.98 Å². The fourth-order valence-electron chi connectivity index (χ4n) is 4.72. The molecule has 25 heavy (non-hydrogen) atoms. The summed E-state index contributed by atoms with van der Waals surface area (Å²) < 4.78 is 10.9. The third-order valence-electron chi connectivity index (χ3n) is 6.39. The van der Waals surface area contributed by atoms with E-state index in [1.165, 1.54) is 0 Å². The van der Waals surface area contributed by atoms with Gasteiger partial charge >= 0.3 is 0 Å². The van der Waals surface area contributed by atoms with E-state index >= 15 is 0 Å². The summed E-state index contributed by atoms with van der Waals surface area (Å²) in [5.74, 6) is 2.27. The van der Waals surface area contributed by atoms with Crippen molar-refractivity contribution in [1.82, 2.24) is 15.0 Å². The molecule has 0 bridgehead atoms. The Balaban J connectivity index is 1.31. The van der Waals surface area contributed by atoms with E-state index in [0.717, 1.165) is 83.7 Å². The van der Waals surface area contributed by atoms with Gasteiger partial charge in [0.25, 0.3) is 5.95 Å². The van der Waals surface area contributed by atoms with Crippen molar-refractivity contribution < 1.29 is 14.1 Å². The van der Waals surface area contributed by atoms with E-state index in [1.807, 2.05) is 0 Å². The van der Waals surface area contributed by atoms with Crippen molar-refractivity contribution >= 4 is 11.9 Å². The summed E-state index contributed by atoms with van der Waals surface area (Å²) in [7, 11) is 0. The number of hydrogen-bond donors (Lipinski definition) is 0. The minimum Gasteiger partial charge on any atom is -0.381 e. The molecule has 1 amide bonds. The van der Waals surface area contributed by atoms with E-state index in [1.54, 1.807) is 0 Å². The van der Waals surface area contributed by atoms with Crippen molar-refractivity contribution in [1.29, 1.82) is 0 Å². The van der Waals surface area contributed by atoms with Crippen molar-refractivity contribution in [3.05, 3.63) is 5.89 Å². The highest BCUT2D eigenvalue weighted by Crippen LogP contribution is 2.43. The van der Waals surface area contributed by atoms with Crippen LogP contribution in [0.4, 0.5) is 5.95 Å². The molecule has 0 radical (unpaired) electrons. The second-order valence-electron chi connectivity index (χ2n) is 8.10. The van der Waals surface area contributed by atoms with Gasteiger partial charge in [0.2, 0.25) is 11.8 Å². The first-order valence-electron chi connectivity index (χ1n) is 9.73. The minimum absolute atomic E-state index is 0.253. The largest absolute Gasteiger partial charge is 0.381 e. The number of rotatable bonds is 3. The number of nitrogens with zero attached hydrogens (tertiary/aromatic N) is 4. The molecule has 136 valence electrons. The summed E-state index contributed by atoms with van der Waals surface area (Å²) in [5.41, 5.74) is -0.253. The van der Waals surface area contributed by atoms with E-state index in [2.05, 4.69) is 19.9 Å². The summed E-state index contributed by atoms with van der Waals surface area (Å²) in [6.07, 6.45) is 7.24. The van der Waals surface area contributed by atoms with Gasteiger partial charge in [0.05, 0.1) is 5.41 Å². The highest BCUT2D eigenvalue weighted by molar-refractivity contribution is 5.85. The van der Waals surface area contributed by atoms with Gasteiger partial charge in [0, 0.05) is 44.8 Å². The van der Waals surface area contributed by atoms with Crippen LogP contribution < -0.4 is 4.90 Å². The van der Waals surface area contributed by atoms with E-state index in [0.29, 0.717) is 23.8 Å². The number of carbonyl (C=O) groups is 1. The maximum atomic E-state index is 13.3. The monoisotopic (exact) mass is 346 g/mol. The fraction of sp³-hybridized carbons (Fsp3) is 0.833.